The molecule has 0 radical (unpaired) electrons. The molecule has 0 aromatic carbocycles. The molecule has 1 aliphatic carbocycles. The van der Waals surface area contributed by atoms with Crippen molar-refractivity contribution in [2.75, 3.05) is 0 Å². The predicted molar refractivity (Wildman–Crippen MR) is 68.3 cm³/mol. The molecule has 1 fully saturated rings. The fourth-order valence-corrected chi connectivity index (χ4v) is 1.86. The lowest BCUT2D eigenvalue weighted by Crippen LogP contribution is -2.33. The molecule has 1 aromatic heterocycles. The predicted octanol–water partition coefficient (Wildman–Crippen LogP) is 2.19. The lowest BCUT2D eigenvalue weighted by molar-refractivity contribution is -0.134. The molecule has 1 aliphatic rings. The van der Waals surface area contributed by atoms with Gasteiger partial charge in [-0.25, -0.2) is 4.79 Å². The monoisotopic (exact) mass is 263 g/mol. The number of aliphatic carboxylic acids is 1. The first kappa shape index (κ1) is 13.4. The molecule has 0 aliphatic heterocycles. The van der Waals surface area contributed by atoms with Gasteiger partial charge in [-0.05, 0) is 38.8 Å². The van der Waals surface area contributed by atoms with E-state index in [1.807, 2.05) is 6.07 Å². The van der Waals surface area contributed by atoms with Crippen LogP contribution in [-0.2, 0) is 16.1 Å². The molecule has 1 saturated carbocycles. The number of carbonyl (C=O) groups is 2. The molecule has 0 bridgehead atoms. The molecular weight excluding hydrogens is 246 g/mol. The Bertz CT molecular complexity index is 512. The normalized spacial score (nSPS) is 15.9. The van der Waals surface area contributed by atoms with Crippen LogP contribution >= 0.6 is 0 Å². The van der Waals surface area contributed by atoms with Crippen LogP contribution in [0, 0.1) is 0 Å². The van der Waals surface area contributed by atoms with Crippen LogP contribution < -0.4 is 0 Å². The van der Waals surface area contributed by atoms with Gasteiger partial charge in [0.1, 0.15) is 5.76 Å². The summed E-state index contributed by atoms with van der Waals surface area (Å²) in [6, 6.07) is 3.79. The van der Waals surface area contributed by atoms with Crippen LogP contribution in [0.25, 0.3) is 0 Å². The number of carboxylic acids is 1. The Balaban J connectivity index is 2.18. The molecular formula is C14H17NO4. The first-order valence-electron chi connectivity index (χ1n) is 6.25. The minimum Gasteiger partial charge on any atom is -0.478 e. The Hall–Kier alpha value is -2.04. The average Bonchev–Trinajstić information content (AvgIpc) is 3.10. The average molecular weight is 263 g/mol. The topological polar surface area (TPSA) is 70.8 Å². The van der Waals surface area contributed by atoms with Crippen LogP contribution in [0.2, 0.25) is 0 Å². The number of hydrogen-bond acceptors (Lipinski definition) is 3. The number of rotatable bonds is 5. The lowest BCUT2D eigenvalue weighted by atomic mass is 10.1. The van der Waals surface area contributed by atoms with Crippen molar-refractivity contribution < 1.29 is 19.1 Å². The van der Waals surface area contributed by atoms with Gasteiger partial charge < -0.3 is 14.4 Å². The van der Waals surface area contributed by atoms with Crippen molar-refractivity contribution in [1.29, 1.82) is 0 Å². The van der Waals surface area contributed by atoms with Gasteiger partial charge >= 0.3 is 5.97 Å². The van der Waals surface area contributed by atoms with Crippen LogP contribution in [0.4, 0.5) is 0 Å². The first-order chi connectivity index (χ1) is 9.00. The number of hydrogen-bond donors (Lipinski definition) is 1. The summed E-state index contributed by atoms with van der Waals surface area (Å²) in [6.07, 6.45) is 3.49. The van der Waals surface area contributed by atoms with E-state index in [1.54, 1.807) is 24.2 Å². The van der Waals surface area contributed by atoms with Gasteiger partial charge in [-0.1, -0.05) is 0 Å². The molecule has 1 aromatic rings. The fraction of sp³-hybridized carbons (Fsp3) is 0.429. The van der Waals surface area contributed by atoms with Crippen molar-refractivity contribution in [2.45, 2.75) is 39.3 Å². The van der Waals surface area contributed by atoms with E-state index in [-0.39, 0.29) is 23.1 Å². The maximum Gasteiger partial charge on any atom is 0.331 e. The fourth-order valence-electron chi connectivity index (χ4n) is 1.86. The third-order valence-electron chi connectivity index (χ3n) is 3.36. The Morgan fingerprint density at radius 3 is 2.53 bits per heavy atom. The molecule has 102 valence electrons. The van der Waals surface area contributed by atoms with Crippen LogP contribution in [0.15, 0.2) is 34.0 Å². The maximum atomic E-state index is 12.4. The highest BCUT2D eigenvalue weighted by Gasteiger charge is 2.34. The van der Waals surface area contributed by atoms with Crippen molar-refractivity contribution in [3.63, 3.8) is 0 Å². The molecule has 5 nitrogen and oxygen atoms in total. The molecule has 19 heavy (non-hydrogen) atoms. The van der Waals surface area contributed by atoms with Crippen LogP contribution in [-0.4, -0.2) is 27.9 Å². The summed E-state index contributed by atoms with van der Waals surface area (Å²) in [5.74, 6) is -0.570. The largest absolute Gasteiger partial charge is 0.478 e. The van der Waals surface area contributed by atoms with Gasteiger partial charge in [0.15, 0.2) is 0 Å². The second-order valence-corrected chi connectivity index (χ2v) is 4.80. The molecule has 0 unspecified atom stereocenters. The molecule has 1 heterocycles. The van der Waals surface area contributed by atoms with Gasteiger partial charge in [0.05, 0.1) is 12.8 Å². The van der Waals surface area contributed by atoms with Crippen LogP contribution in [0.3, 0.4) is 0 Å². The van der Waals surface area contributed by atoms with Crippen LogP contribution in [0.1, 0.15) is 32.4 Å². The third-order valence-corrected chi connectivity index (χ3v) is 3.36. The molecule has 1 amide bonds. The van der Waals surface area contributed by atoms with Crippen molar-refractivity contribution in [3.05, 3.63) is 35.3 Å². The quantitative estimate of drug-likeness (QED) is 0.827. The zero-order valence-corrected chi connectivity index (χ0v) is 11.0. The van der Waals surface area contributed by atoms with E-state index >= 15 is 0 Å². The third kappa shape index (κ3) is 3.05. The Labute approximate surface area is 111 Å². The summed E-state index contributed by atoms with van der Waals surface area (Å²) in [4.78, 5) is 25.0. The highest BCUT2D eigenvalue weighted by molar-refractivity contribution is 6.01. The minimum atomic E-state index is -1.06. The minimum absolute atomic E-state index is 0.0927. The SMILES string of the molecule is CC(C(=O)O)=C(C)C(=O)N(Cc1ccco1)C1CC1. The van der Waals surface area contributed by atoms with Crippen LogP contribution in [0.5, 0.6) is 0 Å². The van der Waals surface area contributed by atoms with Gasteiger partial charge in [0.2, 0.25) is 0 Å². The summed E-state index contributed by atoms with van der Waals surface area (Å²) in [5.41, 5.74) is 0.376. The van der Waals surface area contributed by atoms with Gasteiger partial charge in [0, 0.05) is 17.2 Å². The summed E-state index contributed by atoms with van der Waals surface area (Å²) in [5, 5.41) is 8.95. The van der Waals surface area contributed by atoms with Crippen molar-refractivity contribution in [2.24, 2.45) is 0 Å². The van der Waals surface area contributed by atoms with E-state index in [2.05, 4.69) is 0 Å². The highest BCUT2D eigenvalue weighted by Crippen LogP contribution is 2.30. The molecule has 1 N–H and O–H groups in total. The molecule has 0 atom stereocenters. The molecule has 5 heteroatoms. The molecule has 2 rings (SSSR count). The number of carboxylic acid groups (broad SMARTS) is 1. The molecule has 0 spiro atoms. The number of furan rings is 1. The maximum absolute atomic E-state index is 12.4. The lowest BCUT2D eigenvalue weighted by Gasteiger charge is -2.22. The zero-order chi connectivity index (χ0) is 14.0. The van der Waals surface area contributed by atoms with Gasteiger partial charge in [0.25, 0.3) is 5.91 Å². The second kappa shape index (κ2) is 5.30. The van der Waals surface area contributed by atoms with Gasteiger partial charge in [-0.2, -0.15) is 0 Å². The first-order valence-corrected chi connectivity index (χ1v) is 6.25. The number of amides is 1. The Kier molecular flexibility index (Phi) is 3.74. The Morgan fingerprint density at radius 2 is 2.05 bits per heavy atom. The molecule has 0 saturated heterocycles. The van der Waals surface area contributed by atoms with Gasteiger partial charge in [-0.3, -0.25) is 4.79 Å². The van der Waals surface area contributed by atoms with Crippen molar-refractivity contribution in [1.82, 2.24) is 4.90 Å². The summed E-state index contributed by atoms with van der Waals surface area (Å²) >= 11 is 0. The second-order valence-electron chi connectivity index (χ2n) is 4.80. The van der Waals surface area contributed by atoms with E-state index in [0.29, 0.717) is 12.3 Å². The summed E-state index contributed by atoms with van der Waals surface area (Å²) in [7, 11) is 0. The van der Waals surface area contributed by atoms with E-state index in [9.17, 15) is 9.59 Å². The smallest absolute Gasteiger partial charge is 0.331 e. The summed E-state index contributed by atoms with van der Waals surface area (Å²) < 4.78 is 5.25. The summed E-state index contributed by atoms with van der Waals surface area (Å²) in [6.45, 7) is 3.40. The zero-order valence-electron chi connectivity index (χ0n) is 11.0. The van der Waals surface area contributed by atoms with Crippen molar-refractivity contribution in [3.8, 4) is 0 Å². The standard InChI is InChI=1S/C14H17NO4/c1-9(10(2)14(17)18)13(16)15(11-5-6-11)8-12-4-3-7-19-12/h3-4,7,11H,5-6,8H2,1-2H3,(H,17,18). The van der Waals surface area contributed by atoms with Gasteiger partial charge in [-0.15, -0.1) is 0 Å². The highest BCUT2D eigenvalue weighted by atomic mass is 16.4. The van der Waals surface area contributed by atoms with E-state index in [0.717, 1.165) is 12.8 Å². The van der Waals surface area contributed by atoms with E-state index < -0.39 is 5.97 Å². The number of nitrogens with zero attached hydrogens (tertiary/aromatic N) is 1. The van der Waals surface area contributed by atoms with Crippen molar-refractivity contribution >= 4 is 11.9 Å². The Morgan fingerprint density at radius 1 is 1.37 bits per heavy atom. The number of carbonyl (C=O) groups excluding carboxylic acids is 1. The van der Waals surface area contributed by atoms with E-state index in [4.69, 9.17) is 9.52 Å². The van der Waals surface area contributed by atoms with E-state index in [1.165, 1.54) is 6.92 Å².